The minimum Gasteiger partial charge on any atom is -0.491 e. The first-order chi connectivity index (χ1) is 12.5. The van der Waals surface area contributed by atoms with Gasteiger partial charge in [-0.2, -0.15) is 5.10 Å². The van der Waals surface area contributed by atoms with Crippen molar-refractivity contribution < 1.29 is 9.53 Å². The maximum atomic E-state index is 12.4. The molecule has 0 aliphatic heterocycles. The second kappa shape index (κ2) is 6.45. The van der Waals surface area contributed by atoms with Gasteiger partial charge < -0.3 is 10.1 Å². The molecular weight excluding hydrogens is 350 g/mol. The molecule has 0 fully saturated rings. The van der Waals surface area contributed by atoms with Gasteiger partial charge in [0.1, 0.15) is 5.75 Å². The average Bonchev–Trinajstić information content (AvgIpc) is 3.21. The number of nitrogens with one attached hydrogen (secondary N) is 1. The number of aromatic nitrogens is 4. The Morgan fingerprint density at radius 3 is 3.00 bits per heavy atom. The number of anilines is 1. The number of carbonyl (C=O) groups is 1. The Morgan fingerprint density at radius 2 is 2.23 bits per heavy atom. The largest absolute Gasteiger partial charge is 0.491 e. The number of ether oxygens (including phenoxy) is 1. The minimum absolute atomic E-state index is 0.101. The van der Waals surface area contributed by atoms with E-state index < -0.39 is 0 Å². The maximum Gasteiger partial charge on any atom is 0.231 e. The number of carbonyl (C=O) groups excluding carboxylic acids is 1. The lowest BCUT2D eigenvalue weighted by atomic mass is 10.2. The Morgan fingerprint density at radius 1 is 1.38 bits per heavy atom. The highest BCUT2D eigenvalue weighted by Gasteiger charge is 2.14. The second-order valence-electron chi connectivity index (χ2n) is 6.37. The summed E-state index contributed by atoms with van der Waals surface area (Å²) in [7, 11) is 1.85. The van der Waals surface area contributed by atoms with Gasteiger partial charge in [0.05, 0.1) is 23.7 Å². The van der Waals surface area contributed by atoms with Gasteiger partial charge in [0.15, 0.2) is 10.8 Å². The molecule has 3 heterocycles. The van der Waals surface area contributed by atoms with Crippen LogP contribution in [0.3, 0.4) is 0 Å². The molecule has 1 amide bonds. The lowest BCUT2D eigenvalue weighted by Crippen LogP contribution is -2.15. The van der Waals surface area contributed by atoms with Crippen LogP contribution in [0.5, 0.6) is 5.75 Å². The highest BCUT2D eigenvalue weighted by Crippen LogP contribution is 2.27. The van der Waals surface area contributed by atoms with Crippen LogP contribution in [0.25, 0.3) is 15.9 Å². The summed E-state index contributed by atoms with van der Waals surface area (Å²) in [6.45, 7) is 3.97. The van der Waals surface area contributed by atoms with E-state index in [1.807, 2.05) is 61.3 Å². The molecule has 0 radical (unpaired) electrons. The number of nitrogens with zero attached hydrogens (tertiary/aromatic N) is 4. The van der Waals surface area contributed by atoms with Crippen molar-refractivity contribution in [2.45, 2.75) is 26.4 Å². The third-order valence-electron chi connectivity index (χ3n) is 3.94. The molecule has 7 nitrogen and oxygen atoms in total. The van der Waals surface area contributed by atoms with Crippen LogP contribution in [-0.2, 0) is 18.3 Å². The maximum absolute atomic E-state index is 12.4. The molecule has 0 spiro atoms. The van der Waals surface area contributed by atoms with E-state index in [0.717, 1.165) is 27.3 Å². The van der Waals surface area contributed by atoms with Gasteiger partial charge in [-0.3, -0.25) is 13.9 Å². The summed E-state index contributed by atoms with van der Waals surface area (Å²) in [4.78, 5) is 17.7. The van der Waals surface area contributed by atoms with Crippen LogP contribution in [0, 0.1) is 0 Å². The van der Waals surface area contributed by atoms with E-state index in [0.29, 0.717) is 5.82 Å². The van der Waals surface area contributed by atoms with Gasteiger partial charge in [0.25, 0.3) is 0 Å². The van der Waals surface area contributed by atoms with Gasteiger partial charge in [0.2, 0.25) is 5.91 Å². The van der Waals surface area contributed by atoms with Crippen LogP contribution in [0.1, 0.15) is 19.5 Å². The topological polar surface area (TPSA) is 73.4 Å². The minimum atomic E-state index is -0.140. The smallest absolute Gasteiger partial charge is 0.231 e. The number of hydrogen-bond acceptors (Lipinski definition) is 5. The van der Waals surface area contributed by atoms with Crippen LogP contribution < -0.4 is 10.1 Å². The van der Waals surface area contributed by atoms with Crippen molar-refractivity contribution in [1.82, 2.24) is 19.2 Å². The van der Waals surface area contributed by atoms with Gasteiger partial charge in [0, 0.05) is 36.3 Å². The van der Waals surface area contributed by atoms with E-state index in [2.05, 4.69) is 15.4 Å². The van der Waals surface area contributed by atoms with E-state index in [-0.39, 0.29) is 18.4 Å². The van der Waals surface area contributed by atoms with Gasteiger partial charge in [-0.25, -0.2) is 4.98 Å². The molecule has 3 aromatic heterocycles. The van der Waals surface area contributed by atoms with E-state index >= 15 is 0 Å². The number of benzene rings is 1. The molecule has 0 unspecified atom stereocenters. The first-order valence-corrected chi connectivity index (χ1v) is 9.22. The summed E-state index contributed by atoms with van der Waals surface area (Å²) in [5, 5.41) is 10.2. The molecule has 0 saturated carbocycles. The zero-order valence-corrected chi connectivity index (χ0v) is 15.6. The monoisotopic (exact) mass is 369 g/mol. The molecule has 1 aromatic carbocycles. The van der Waals surface area contributed by atoms with Crippen molar-refractivity contribution in [3.8, 4) is 5.75 Å². The molecule has 0 aliphatic carbocycles. The van der Waals surface area contributed by atoms with Crippen LogP contribution >= 0.6 is 11.3 Å². The van der Waals surface area contributed by atoms with Crippen LogP contribution in [-0.4, -0.2) is 31.2 Å². The Hall–Kier alpha value is -2.87. The SMILES string of the molecule is CC(C)Oc1ccc2c(NC(=O)Cc3cn4ccsc4n3)nn(C)c2c1. The molecule has 0 bridgehead atoms. The van der Waals surface area contributed by atoms with Crippen molar-refractivity contribution in [2.24, 2.45) is 7.05 Å². The summed E-state index contributed by atoms with van der Waals surface area (Å²) in [5.74, 6) is 1.19. The molecule has 1 N–H and O–H groups in total. The first-order valence-electron chi connectivity index (χ1n) is 8.34. The average molecular weight is 369 g/mol. The fourth-order valence-electron chi connectivity index (χ4n) is 2.88. The normalized spacial score (nSPS) is 11.5. The van der Waals surface area contributed by atoms with Crippen molar-refractivity contribution >= 4 is 38.9 Å². The molecule has 134 valence electrons. The van der Waals surface area contributed by atoms with Crippen LogP contribution in [0.15, 0.2) is 36.0 Å². The predicted octanol–water partition coefficient (Wildman–Crippen LogP) is 3.25. The van der Waals surface area contributed by atoms with Crippen LogP contribution in [0.4, 0.5) is 5.82 Å². The number of fused-ring (bicyclic) bond motifs is 2. The number of rotatable bonds is 5. The van der Waals surface area contributed by atoms with Crippen molar-refractivity contribution in [1.29, 1.82) is 0 Å². The standard InChI is InChI=1S/C18H19N5O2S/c1-11(2)25-13-4-5-14-15(9-13)22(3)21-17(14)20-16(24)8-12-10-23-6-7-26-18(23)19-12/h4-7,9-11H,8H2,1-3H3,(H,20,21,24). The Kier molecular flexibility index (Phi) is 4.12. The number of thiazole rings is 1. The van der Waals surface area contributed by atoms with Crippen molar-refractivity contribution in [2.75, 3.05) is 5.32 Å². The fraction of sp³-hybridized carbons (Fsp3) is 0.278. The van der Waals surface area contributed by atoms with Crippen LogP contribution in [0.2, 0.25) is 0 Å². The van der Waals surface area contributed by atoms with Crippen molar-refractivity contribution in [3.05, 3.63) is 41.7 Å². The molecule has 4 rings (SSSR count). The fourth-order valence-corrected chi connectivity index (χ4v) is 3.60. The van der Waals surface area contributed by atoms with E-state index in [4.69, 9.17) is 4.74 Å². The van der Waals surface area contributed by atoms with E-state index in [9.17, 15) is 4.79 Å². The van der Waals surface area contributed by atoms with Gasteiger partial charge in [-0.15, -0.1) is 11.3 Å². The van der Waals surface area contributed by atoms with Crippen molar-refractivity contribution in [3.63, 3.8) is 0 Å². The number of hydrogen-bond donors (Lipinski definition) is 1. The Bertz CT molecular complexity index is 1060. The summed E-state index contributed by atoms with van der Waals surface area (Å²) in [6, 6.07) is 5.74. The lowest BCUT2D eigenvalue weighted by molar-refractivity contribution is -0.115. The molecular formula is C18H19N5O2S. The molecule has 0 aliphatic rings. The predicted molar refractivity (Wildman–Crippen MR) is 102 cm³/mol. The Labute approximate surface area is 154 Å². The van der Waals surface area contributed by atoms with Gasteiger partial charge >= 0.3 is 0 Å². The van der Waals surface area contributed by atoms with E-state index in [1.54, 1.807) is 16.0 Å². The Balaban J connectivity index is 1.54. The first kappa shape index (κ1) is 16.6. The highest BCUT2D eigenvalue weighted by molar-refractivity contribution is 7.15. The number of aryl methyl sites for hydroxylation is 1. The molecule has 0 atom stereocenters. The second-order valence-corrected chi connectivity index (χ2v) is 7.24. The number of amides is 1. The molecule has 8 heteroatoms. The third-order valence-corrected chi connectivity index (χ3v) is 4.71. The van der Waals surface area contributed by atoms with Gasteiger partial charge in [-0.1, -0.05) is 0 Å². The summed E-state index contributed by atoms with van der Waals surface area (Å²) >= 11 is 1.54. The molecule has 4 aromatic rings. The lowest BCUT2D eigenvalue weighted by Gasteiger charge is -2.09. The van der Waals surface area contributed by atoms with Gasteiger partial charge in [-0.05, 0) is 26.0 Å². The molecule has 0 saturated heterocycles. The zero-order chi connectivity index (χ0) is 18.3. The summed E-state index contributed by atoms with van der Waals surface area (Å²) in [5.41, 5.74) is 1.64. The quantitative estimate of drug-likeness (QED) is 0.586. The molecule has 26 heavy (non-hydrogen) atoms. The zero-order valence-electron chi connectivity index (χ0n) is 14.8. The third kappa shape index (κ3) is 3.15. The van der Waals surface area contributed by atoms with E-state index in [1.165, 1.54) is 0 Å². The highest BCUT2D eigenvalue weighted by atomic mass is 32.1. The summed E-state index contributed by atoms with van der Waals surface area (Å²) < 4.78 is 9.39. The summed E-state index contributed by atoms with van der Waals surface area (Å²) in [6.07, 6.45) is 4.11. The number of imidazole rings is 1.